The topological polar surface area (TPSA) is 29.5 Å². The van der Waals surface area contributed by atoms with Crippen LogP contribution in [-0.4, -0.2) is 18.3 Å². The molecule has 1 aromatic rings. The Labute approximate surface area is 98.3 Å². The molecule has 0 atom stereocenters. The maximum Gasteiger partial charge on any atom is 0.119 e. The van der Waals surface area contributed by atoms with Crippen molar-refractivity contribution >= 4 is 0 Å². The van der Waals surface area contributed by atoms with Crippen LogP contribution in [0.1, 0.15) is 39.2 Å². The van der Waals surface area contributed by atoms with E-state index in [0.29, 0.717) is 6.61 Å². The molecule has 0 saturated heterocycles. The minimum absolute atomic E-state index is 0.190. The maximum absolute atomic E-state index is 8.63. The van der Waals surface area contributed by atoms with E-state index in [0.717, 1.165) is 18.6 Å². The Kier molecular flexibility index (Phi) is 4.81. The molecule has 2 heteroatoms. The number of rotatable bonds is 5. The van der Waals surface area contributed by atoms with Gasteiger partial charge in [-0.15, -0.1) is 0 Å². The highest BCUT2D eigenvalue weighted by Crippen LogP contribution is 2.24. The van der Waals surface area contributed by atoms with E-state index in [2.05, 4.69) is 32.9 Å². The fourth-order valence-electron chi connectivity index (χ4n) is 1.46. The fraction of sp³-hybridized carbons (Fsp3) is 0.571. The number of unbranched alkanes of at least 4 members (excludes halogenated alkanes) is 1. The van der Waals surface area contributed by atoms with Crippen molar-refractivity contribution in [1.29, 1.82) is 0 Å². The number of hydrogen-bond acceptors (Lipinski definition) is 2. The molecule has 16 heavy (non-hydrogen) atoms. The molecular weight excluding hydrogens is 200 g/mol. The first-order chi connectivity index (χ1) is 7.54. The number of aliphatic hydroxyl groups is 1. The van der Waals surface area contributed by atoms with E-state index >= 15 is 0 Å². The van der Waals surface area contributed by atoms with Gasteiger partial charge in [0.05, 0.1) is 6.61 Å². The molecule has 2 nitrogen and oxygen atoms in total. The van der Waals surface area contributed by atoms with E-state index in [1.165, 1.54) is 5.56 Å². The Bertz CT molecular complexity index is 296. The Hall–Kier alpha value is -1.02. The predicted molar refractivity (Wildman–Crippen MR) is 67.0 cm³/mol. The zero-order valence-electron chi connectivity index (χ0n) is 10.5. The molecule has 0 radical (unpaired) electrons. The third-order valence-electron chi connectivity index (χ3n) is 2.54. The normalized spacial score (nSPS) is 11.5. The fourth-order valence-corrected chi connectivity index (χ4v) is 1.46. The maximum atomic E-state index is 8.63. The van der Waals surface area contributed by atoms with Crippen LogP contribution in [-0.2, 0) is 5.41 Å². The summed E-state index contributed by atoms with van der Waals surface area (Å²) >= 11 is 0. The standard InChI is InChI=1S/C14H22O2/c1-14(2,3)12-6-8-13(9-7-12)16-11-5-4-10-15/h6-9,15H,4-5,10-11H2,1-3H3. The van der Waals surface area contributed by atoms with Crippen molar-refractivity contribution in [3.8, 4) is 5.75 Å². The summed E-state index contributed by atoms with van der Waals surface area (Å²) in [4.78, 5) is 0. The Morgan fingerprint density at radius 2 is 1.69 bits per heavy atom. The van der Waals surface area contributed by atoms with Gasteiger partial charge in [-0.2, -0.15) is 0 Å². The lowest BCUT2D eigenvalue weighted by Crippen LogP contribution is -2.10. The van der Waals surface area contributed by atoms with Crippen molar-refractivity contribution in [2.45, 2.75) is 39.0 Å². The molecule has 0 amide bonds. The Balaban J connectivity index is 2.46. The molecule has 0 aliphatic heterocycles. The van der Waals surface area contributed by atoms with E-state index in [1.807, 2.05) is 12.1 Å². The van der Waals surface area contributed by atoms with E-state index < -0.39 is 0 Å². The van der Waals surface area contributed by atoms with Crippen molar-refractivity contribution in [3.63, 3.8) is 0 Å². The van der Waals surface area contributed by atoms with Crippen LogP contribution >= 0.6 is 0 Å². The average molecular weight is 222 g/mol. The van der Waals surface area contributed by atoms with E-state index in [9.17, 15) is 0 Å². The lowest BCUT2D eigenvalue weighted by atomic mass is 9.87. The van der Waals surface area contributed by atoms with E-state index in [4.69, 9.17) is 9.84 Å². The zero-order valence-corrected chi connectivity index (χ0v) is 10.5. The third-order valence-corrected chi connectivity index (χ3v) is 2.54. The second kappa shape index (κ2) is 5.90. The van der Waals surface area contributed by atoms with Crippen LogP contribution in [0.3, 0.4) is 0 Å². The molecular formula is C14H22O2. The van der Waals surface area contributed by atoms with Crippen LogP contribution in [0.25, 0.3) is 0 Å². The highest BCUT2D eigenvalue weighted by Gasteiger charge is 2.12. The van der Waals surface area contributed by atoms with Crippen molar-refractivity contribution in [2.24, 2.45) is 0 Å². The molecule has 0 heterocycles. The van der Waals surface area contributed by atoms with Crippen molar-refractivity contribution in [3.05, 3.63) is 29.8 Å². The summed E-state index contributed by atoms with van der Waals surface area (Å²) in [6.07, 6.45) is 1.71. The zero-order chi connectivity index (χ0) is 12.0. The summed E-state index contributed by atoms with van der Waals surface area (Å²) in [7, 11) is 0. The molecule has 0 unspecified atom stereocenters. The summed E-state index contributed by atoms with van der Waals surface area (Å²) < 4.78 is 5.56. The average Bonchev–Trinajstić information content (AvgIpc) is 2.24. The monoisotopic (exact) mass is 222 g/mol. The van der Waals surface area contributed by atoms with Gasteiger partial charge in [0.1, 0.15) is 5.75 Å². The second-order valence-electron chi connectivity index (χ2n) is 5.05. The number of ether oxygens (including phenoxy) is 1. The van der Waals surface area contributed by atoms with Gasteiger partial charge in [-0.3, -0.25) is 0 Å². The Morgan fingerprint density at radius 3 is 2.19 bits per heavy atom. The first-order valence-electron chi connectivity index (χ1n) is 5.88. The quantitative estimate of drug-likeness (QED) is 0.776. The largest absolute Gasteiger partial charge is 0.494 e. The predicted octanol–water partition coefficient (Wildman–Crippen LogP) is 3.14. The summed E-state index contributed by atoms with van der Waals surface area (Å²) in [5.74, 6) is 0.908. The van der Waals surface area contributed by atoms with Crippen molar-refractivity contribution in [2.75, 3.05) is 13.2 Å². The first kappa shape index (κ1) is 13.0. The Morgan fingerprint density at radius 1 is 1.06 bits per heavy atom. The number of benzene rings is 1. The van der Waals surface area contributed by atoms with Gasteiger partial charge in [-0.05, 0) is 36.0 Å². The van der Waals surface area contributed by atoms with Crippen LogP contribution in [0.15, 0.2) is 24.3 Å². The lowest BCUT2D eigenvalue weighted by Gasteiger charge is -2.19. The van der Waals surface area contributed by atoms with Gasteiger partial charge in [-0.1, -0.05) is 32.9 Å². The molecule has 1 rings (SSSR count). The molecule has 1 N–H and O–H groups in total. The highest BCUT2D eigenvalue weighted by atomic mass is 16.5. The summed E-state index contributed by atoms with van der Waals surface area (Å²) in [6, 6.07) is 8.25. The van der Waals surface area contributed by atoms with Crippen LogP contribution in [0, 0.1) is 0 Å². The molecule has 0 bridgehead atoms. The van der Waals surface area contributed by atoms with Gasteiger partial charge in [0.25, 0.3) is 0 Å². The minimum atomic E-state index is 0.190. The van der Waals surface area contributed by atoms with Crippen molar-refractivity contribution < 1.29 is 9.84 Å². The number of hydrogen-bond donors (Lipinski definition) is 1. The second-order valence-corrected chi connectivity index (χ2v) is 5.05. The molecule has 1 aromatic carbocycles. The molecule has 90 valence electrons. The van der Waals surface area contributed by atoms with Crippen LogP contribution in [0.4, 0.5) is 0 Å². The van der Waals surface area contributed by atoms with Gasteiger partial charge in [0.2, 0.25) is 0 Å². The molecule has 0 aliphatic carbocycles. The number of aliphatic hydroxyl groups excluding tert-OH is 1. The highest BCUT2D eigenvalue weighted by molar-refractivity contribution is 5.31. The third kappa shape index (κ3) is 4.23. The lowest BCUT2D eigenvalue weighted by molar-refractivity contribution is 0.253. The first-order valence-corrected chi connectivity index (χ1v) is 5.88. The van der Waals surface area contributed by atoms with Gasteiger partial charge in [0.15, 0.2) is 0 Å². The molecule has 0 aliphatic rings. The molecule has 0 spiro atoms. The SMILES string of the molecule is CC(C)(C)c1ccc(OCCCCO)cc1. The summed E-state index contributed by atoms with van der Waals surface area (Å²) in [5, 5.41) is 8.63. The van der Waals surface area contributed by atoms with Gasteiger partial charge in [0, 0.05) is 6.61 Å². The van der Waals surface area contributed by atoms with Crippen LogP contribution < -0.4 is 4.74 Å². The molecule has 0 fully saturated rings. The van der Waals surface area contributed by atoms with Gasteiger partial charge in [-0.25, -0.2) is 0 Å². The van der Waals surface area contributed by atoms with Crippen LogP contribution in [0.2, 0.25) is 0 Å². The molecule has 0 aromatic heterocycles. The molecule has 0 saturated carbocycles. The smallest absolute Gasteiger partial charge is 0.119 e. The van der Waals surface area contributed by atoms with Crippen molar-refractivity contribution in [1.82, 2.24) is 0 Å². The van der Waals surface area contributed by atoms with Gasteiger partial charge >= 0.3 is 0 Å². The van der Waals surface area contributed by atoms with E-state index in [1.54, 1.807) is 0 Å². The van der Waals surface area contributed by atoms with Crippen LogP contribution in [0.5, 0.6) is 5.75 Å². The summed E-state index contributed by atoms with van der Waals surface area (Å²) in [6.45, 7) is 7.51. The minimum Gasteiger partial charge on any atom is -0.494 e. The van der Waals surface area contributed by atoms with E-state index in [-0.39, 0.29) is 12.0 Å². The summed E-state index contributed by atoms with van der Waals surface area (Å²) in [5.41, 5.74) is 1.50. The van der Waals surface area contributed by atoms with Gasteiger partial charge < -0.3 is 9.84 Å².